The third kappa shape index (κ3) is 3.66. The average Bonchev–Trinajstić information content (AvgIpc) is 2.97. The maximum absolute atomic E-state index is 12.0. The summed E-state index contributed by atoms with van der Waals surface area (Å²) < 4.78 is 0. The fourth-order valence-corrected chi connectivity index (χ4v) is 2.78. The molecule has 122 valence electrons. The predicted molar refractivity (Wildman–Crippen MR) is 94.9 cm³/mol. The maximum atomic E-state index is 12.0. The molecule has 0 aliphatic carbocycles. The molecule has 0 spiro atoms. The summed E-state index contributed by atoms with van der Waals surface area (Å²) >= 11 is 5.86. The van der Waals surface area contributed by atoms with Gasteiger partial charge in [-0.2, -0.15) is 0 Å². The topological polar surface area (TPSA) is 57.6 Å². The fraction of sp³-hybridized carbons (Fsp3) is 0.158. The smallest absolute Gasteiger partial charge is 0.308 e. The molecule has 1 unspecified atom stereocenters. The molecule has 1 heterocycles. The van der Waals surface area contributed by atoms with E-state index in [-0.39, 0.29) is 18.9 Å². The second kappa shape index (κ2) is 6.89. The molecule has 1 amide bonds. The summed E-state index contributed by atoms with van der Waals surface area (Å²) in [4.78, 5) is 24.5. The monoisotopic (exact) mass is 341 g/mol. The lowest BCUT2D eigenvalue weighted by atomic mass is 10.1. The van der Waals surface area contributed by atoms with E-state index in [0.29, 0.717) is 5.02 Å². The number of rotatable bonds is 4. The highest BCUT2D eigenvalue weighted by atomic mass is 35.5. The zero-order valence-corrected chi connectivity index (χ0v) is 13.6. The van der Waals surface area contributed by atoms with Gasteiger partial charge >= 0.3 is 5.97 Å². The molecule has 2 aromatic rings. The van der Waals surface area contributed by atoms with Gasteiger partial charge in [0.25, 0.3) is 0 Å². The number of carbonyl (C=O) groups is 2. The van der Waals surface area contributed by atoms with Gasteiger partial charge in [0, 0.05) is 23.7 Å². The molecular weight excluding hydrogens is 326 g/mol. The van der Waals surface area contributed by atoms with E-state index in [1.807, 2.05) is 60.7 Å². The van der Waals surface area contributed by atoms with Crippen molar-refractivity contribution in [3.8, 4) is 0 Å². The van der Waals surface area contributed by atoms with Crippen LogP contribution in [0.25, 0.3) is 12.2 Å². The Hall–Kier alpha value is -2.59. The van der Waals surface area contributed by atoms with Crippen molar-refractivity contribution in [2.75, 3.05) is 11.4 Å². The van der Waals surface area contributed by atoms with Crippen molar-refractivity contribution in [2.45, 2.75) is 6.42 Å². The minimum atomic E-state index is -0.923. The van der Waals surface area contributed by atoms with Crippen molar-refractivity contribution in [3.05, 3.63) is 64.7 Å². The number of benzene rings is 2. The molecule has 4 nitrogen and oxygen atoms in total. The number of carboxylic acid groups (broad SMARTS) is 1. The molecule has 1 aliphatic rings. The lowest BCUT2D eigenvalue weighted by Crippen LogP contribution is -2.25. The van der Waals surface area contributed by atoms with E-state index in [1.165, 1.54) is 4.90 Å². The molecule has 1 N–H and O–H groups in total. The van der Waals surface area contributed by atoms with Gasteiger partial charge < -0.3 is 10.0 Å². The van der Waals surface area contributed by atoms with Crippen LogP contribution in [-0.4, -0.2) is 23.5 Å². The quantitative estimate of drug-likeness (QED) is 0.857. The molecular formula is C19H16ClNO3. The van der Waals surface area contributed by atoms with Gasteiger partial charge in [-0.05, 0) is 35.4 Å². The number of carboxylic acids is 1. The highest BCUT2D eigenvalue weighted by molar-refractivity contribution is 6.30. The van der Waals surface area contributed by atoms with Crippen LogP contribution < -0.4 is 4.90 Å². The molecule has 0 radical (unpaired) electrons. The number of nitrogens with zero attached hydrogens (tertiary/aromatic N) is 1. The summed E-state index contributed by atoms with van der Waals surface area (Å²) in [6.45, 7) is 0.230. The first-order chi connectivity index (χ1) is 11.5. The Bertz CT molecular complexity index is 781. The number of halogens is 1. The molecule has 1 fully saturated rings. The molecule has 1 aliphatic heterocycles. The van der Waals surface area contributed by atoms with Gasteiger partial charge in [-0.25, -0.2) is 0 Å². The van der Waals surface area contributed by atoms with Crippen LogP contribution in [0.3, 0.4) is 0 Å². The molecule has 1 saturated heterocycles. The van der Waals surface area contributed by atoms with E-state index in [9.17, 15) is 9.59 Å². The van der Waals surface area contributed by atoms with E-state index in [4.69, 9.17) is 16.7 Å². The Morgan fingerprint density at radius 2 is 1.58 bits per heavy atom. The summed E-state index contributed by atoms with van der Waals surface area (Å²) in [5.41, 5.74) is 2.77. The average molecular weight is 342 g/mol. The van der Waals surface area contributed by atoms with Crippen LogP contribution in [0.4, 0.5) is 5.69 Å². The normalized spacial score (nSPS) is 17.6. The van der Waals surface area contributed by atoms with Gasteiger partial charge in [0.05, 0.1) is 5.92 Å². The summed E-state index contributed by atoms with van der Waals surface area (Å²) in [5, 5.41) is 9.74. The standard InChI is InChI=1S/C19H16ClNO3/c20-16-7-3-13(4-8-16)1-2-14-5-9-17(10-6-14)21-12-15(19(23)24)11-18(21)22/h1-10,15H,11-12H2,(H,23,24)/b2-1+. The van der Waals surface area contributed by atoms with Gasteiger partial charge in [-0.3, -0.25) is 9.59 Å². The van der Waals surface area contributed by atoms with Crippen LogP contribution in [-0.2, 0) is 9.59 Å². The van der Waals surface area contributed by atoms with Crippen molar-refractivity contribution in [2.24, 2.45) is 5.92 Å². The number of hydrogen-bond donors (Lipinski definition) is 1. The van der Waals surface area contributed by atoms with E-state index < -0.39 is 11.9 Å². The minimum Gasteiger partial charge on any atom is -0.481 e. The summed E-state index contributed by atoms with van der Waals surface area (Å²) in [5.74, 6) is -1.69. The Balaban J connectivity index is 1.70. The largest absolute Gasteiger partial charge is 0.481 e. The molecule has 0 aromatic heterocycles. The minimum absolute atomic E-state index is 0.0630. The van der Waals surface area contributed by atoms with Crippen LogP contribution in [0.2, 0.25) is 5.02 Å². The third-order valence-electron chi connectivity index (χ3n) is 4.02. The molecule has 0 saturated carbocycles. The molecule has 2 aromatic carbocycles. The summed E-state index contributed by atoms with van der Waals surface area (Å²) in [6.07, 6.45) is 4.01. The van der Waals surface area contributed by atoms with Gasteiger partial charge in [-0.15, -0.1) is 0 Å². The van der Waals surface area contributed by atoms with Crippen molar-refractivity contribution in [1.29, 1.82) is 0 Å². The van der Waals surface area contributed by atoms with E-state index in [1.54, 1.807) is 0 Å². The second-order valence-corrected chi connectivity index (χ2v) is 6.16. The number of hydrogen-bond acceptors (Lipinski definition) is 2. The maximum Gasteiger partial charge on any atom is 0.308 e. The Morgan fingerprint density at radius 1 is 1.04 bits per heavy atom. The first kappa shape index (κ1) is 16.3. The zero-order valence-electron chi connectivity index (χ0n) is 12.9. The SMILES string of the molecule is O=C(O)C1CC(=O)N(c2ccc(/C=C/c3ccc(Cl)cc3)cc2)C1. The number of carbonyl (C=O) groups excluding carboxylic acids is 1. The van der Waals surface area contributed by atoms with Crippen LogP contribution in [0.1, 0.15) is 17.5 Å². The summed E-state index contributed by atoms with van der Waals surface area (Å²) in [6, 6.07) is 15.0. The lowest BCUT2D eigenvalue weighted by Gasteiger charge is -2.16. The van der Waals surface area contributed by atoms with Gasteiger partial charge in [0.15, 0.2) is 0 Å². The Kier molecular flexibility index (Phi) is 4.67. The number of anilines is 1. The Morgan fingerprint density at radius 3 is 2.08 bits per heavy atom. The predicted octanol–water partition coefficient (Wildman–Crippen LogP) is 3.95. The number of aliphatic carboxylic acids is 1. The van der Waals surface area contributed by atoms with Crippen molar-refractivity contribution in [1.82, 2.24) is 0 Å². The van der Waals surface area contributed by atoms with Crippen molar-refractivity contribution in [3.63, 3.8) is 0 Å². The van der Waals surface area contributed by atoms with Gasteiger partial charge in [-0.1, -0.05) is 48.0 Å². The first-order valence-electron chi connectivity index (χ1n) is 7.60. The van der Waals surface area contributed by atoms with Crippen molar-refractivity contribution >= 4 is 41.3 Å². The second-order valence-electron chi connectivity index (χ2n) is 5.72. The number of amides is 1. The van der Waals surface area contributed by atoms with Crippen LogP contribution in [0.15, 0.2) is 48.5 Å². The highest BCUT2D eigenvalue weighted by Gasteiger charge is 2.34. The fourth-order valence-electron chi connectivity index (χ4n) is 2.65. The van der Waals surface area contributed by atoms with Crippen LogP contribution in [0.5, 0.6) is 0 Å². The van der Waals surface area contributed by atoms with Gasteiger partial charge in [0.1, 0.15) is 0 Å². The van der Waals surface area contributed by atoms with Crippen LogP contribution in [0, 0.1) is 5.92 Å². The van der Waals surface area contributed by atoms with E-state index in [0.717, 1.165) is 16.8 Å². The Labute approximate surface area is 145 Å². The zero-order chi connectivity index (χ0) is 17.1. The van der Waals surface area contributed by atoms with Crippen LogP contribution >= 0.6 is 11.6 Å². The molecule has 0 bridgehead atoms. The third-order valence-corrected chi connectivity index (χ3v) is 4.27. The molecule has 5 heteroatoms. The summed E-state index contributed by atoms with van der Waals surface area (Å²) in [7, 11) is 0. The van der Waals surface area contributed by atoms with Crippen molar-refractivity contribution < 1.29 is 14.7 Å². The highest BCUT2D eigenvalue weighted by Crippen LogP contribution is 2.26. The lowest BCUT2D eigenvalue weighted by molar-refractivity contribution is -0.141. The van der Waals surface area contributed by atoms with E-state index >= 15 is 0 Å². The van der Waals surface area contributed by atoms with Gasteiger partial charge in [0.2, 0.25) is 5.91 Å². The van der Waals surface area contributed by atoms with E-state index in [2.05, 4.69) is 0 Å². The first-order valence-corrected chi connectivity index (χ1v) is 7.97. The molecule has 1 atom stereocenters. The molecule has 24 heavy (non-hydrogen) atoms. The molecule has 3 rings (SSSR count).